The van der Waals surface area contributed by atoms with Crippen LogP contribution in [-0.2, 0) is 4.74 Å². The first-order valence-electron chi connectivity index (χ1n) is 7.58. The highest BCUT2D eigenvalue weighted by Crippen LogP contribution is 2.29. The van der Waals surface area contributed by atoms with Gasteiger partial charge in [0, 0.05) is 13.2 Å². The molecule has 8 heteroatoms. The van der Waals surface area contributed by atoms with Crippen LogP contribution in [0.15, 0.2) is 30.3 Å². The van der Waals surface area contributed by atoms with Crippen molar-refractivity contribution in [2.45, 2.75) is 18.9 Å². The Morgan fingerprint density at radius 1 is 1.25 bits per heavy atom. The molecule has 1 amide bonds. The maximum absolute atomic E-state index is 12.2. The van der Waals surface area contributed by atoms with Crippen LogP contribution < -0.4 is 10.6 Å². The highest BCUT2D eigenvalue weighted by atomic mass is 35.5. The highest BCUT2D eigenvalue weighted by molar-refractivity contribution is 6.44. The molecule has 0 spiro atoms. The standard InChI is InChI=1S/C16H16Cl2N4O2/c17-11-4-1-5-12(15(11)18)20-16(23)13-6-7-14(22-21-13)19-9-10-3-2-8-24-10/h1,4-7,10H,2-3,8-9H2,(H,19,22)(H,20,23). The molecule has 0 aliphatic carbocycles. The Balaban J connectivity index is 1.60. The minimum Gasteiger partial charge on any atom is -0.376 e. The van der Waals surface area contributed by atoms with Crippen molar-refractivity contribution in [2.75, 3.05) is 23.8 Å². The second-order valence-electron chi connectivity index (χ2n) is 5.38. The first-order chi connectivity index (χ1) is 11.6. The van der Waals surface area contributed by atoms with Crippen molar-refractivity contribution in [1.29, 1.82) is 0 Å². The summed E-state index contributed by atoms with van der Waals surface area (Å²) < 4.78 is 5.53. The number of benzene rings is 1. The van der Waals surface area contributed by atoms with Crippen LogP contribution in [0.5, 0.6) is 0 Å². The molecule has 6 nitrogen and oxygen atoms in total. The van der Waals surface area contributed by atoms with Gasteiger partial charge in [0.15, 0.2) is 5.69 Å². The van der Waals surface area contributed by atoms with Crippen molar-refractivity contribution in [3.63, 3.8) is 0 Å². The Morgan fingerprint density at radius 3 is 2.83 bits per heavy atom. The van der Waals surface area contributed by atoms with Crippen LogP contribution >= 0.6 is 23.2 Å². The number of ether oxygens (including phenoxy) is 1. The van der Waals surface area contributed by atoms with Crippen LogP contribution in [0.25, 0.3) is 0 Å². The number of rotatable bonds is 5. The van der Waals surface area contributed by atoms with Crippen molar-refractivity contribution in [1.82, 2.24) is 10.2 Å². The van der Waals surface area contributed by atoms with Crippen LogP contribution in [0.3, 0.4) is 0 Å². The van der Waals surface area contributed by atoms with Crippen LogP contribution in [-0.4, -0.2) is 35.4 Å². The summed E-state index contributed by atoms with van der Waals surface area (Å²) in [4.78, 5) is 12.2. The lowest BCUT2D eigenvalue weighted by Crippen LogP contribution is -2.20. The lowest BCUT2D eigenvalue weighted by Gasteiger charge is -2.11. The third kappa shape index (κ3) is 4.14. The number of amides is 1. The van der Waals surface area contributed by atoms with Crippen LogP contribution in [0.1, 0.15) is 23.3 Å². The van der Waals surface area contributed by atoms with Gasteiger partial charge >= 0.3 is 0 Å². The quantitative estimate of drug-likeness (QED) is 0.844. The van der Waals surface area contributed by atoms with E-state index in [-0.39, 0.29) is 16.8 Å². The molecule has 24 heavy (non-hydrogen) atoms. The van der Waals surface area contributed by atoms with Crippen LogP contribution in [0.2, 0.25) is 10.0 Å². The monoisotopic (exact) mass is 366 g/mol. The van der Waals surface area contributed by atoms with Gasteiger partial charge in [-0.2, -0.15) is 0 Å². The number of hydrogen-bond donors (Lipinski definition) is 2. The number of nitrogens with one attached hydrogen (secondary N) is 2. The zero-order chi connectivity index (χ0) is 16.9. The molecule has 1 unspecified atom stereocenters. The molecule has 1 fully saturated rings. The summed E-state index contributed by atoms with van der Waals surface area (Å²) in [6.07, 6.45) is 2.34. The summed E-state index contributed by atoms with van der Waals surface area (Å²) in [5.74, 6) is 0.195. The predicted molar refractivity (Wildman–Crippen MR) is 93.9 cm³/mol. The van der Waals surface area contributed by atoms with Crippen LogP contribution in [0, 0.1) is 0 Å². The summed E-state index contributed by atoms with van der Waals surface area (Å²) in [5, 5.41) is 14.4. The normalized spacial score (nSPS) is 16.8. The summed E-state index contributed by atoms with van der Waals surface area (Å²) in [7, 11) is 0. The number of carbonyl (C=O) groups is 1. The number of aromatic nitrogens is 2. The topological polar surface area (TPSA) is 76.1 Å². The fourth-order valence-corrected chi connectivity index (χ4v) is 2.71. The van der Waals surface area contributed by atoms with Gasteiger partial charge < -0.3 is 15.4 Å². The molecule has 1 aromatic heterocycles. The highest BCUT2D eigenvalue weighted by Gasteiger charge is 2.16. The van der Waals surface area contributed by atoms with Gasteiger partial charge in [-0.25, -0.2) is 0 Å². The van der Waals surface area contributed by atoms with E-state index < -0.39 is 5.91 Å². The SMILES string of the molecule is O=C(Nc1cccc(Cl)c1Cl)c1ccc(NCC2CCCO2)nn1. The number of anilines is 2. The molecule has 1 saturated heterocycles. The van der Waals surface area contributed by atoms with E-state index in [0.29, 0.717) is 23.1 Å². The van der Waals surface area contributed by atoms with E-state index >= 15 is 0 Å². The molecule has 2 N–H and O–H groups in total. The van der Waals surface area contributed by atoms with Crippen molar-refractivity contribution in [2.24, 2.45) is 0 Å². The lowest BCUT2D eigenvalue weighted by atomic mass is 10.2. The molecule has 126 valence electrons. The van der Waals surface area contributed by atoms with Crippen molar-refractivity contribution < 1.29 is 9.53 Å². The average molecular weight is 367 g/mol. The van der Waals surface area contributed by atoms with Gasteiger partial charge in [0.2, 0.25) is 0 Å². The first kappa shape index (κ1) is 17.0. The third-order valence-corrected chi connectivity index (χ3v) is 4.45. The van der Waals surface area contributed by atoms with Crippen molar-refractivity contribution in [3.05, 3.63) is 46.1 Å². The number of nitrogens with zero attached hydrogens (tertiary/aromatic N) is 2. The summed E-state index contributed by atoms with van der Waals surface area (Å²) in [6, 6.07) is 8.31. The zero-order valence-electron chi connectivity index (χ0n) is 12.8. The fourth-order valence-electron chi connectivity index (χ4n) is 2.36. The van der Waals surface area contributed by atoms with E-state index in [1.807, 2.05) is 0 Å². The van der Waals surface area contributed by atoms with Crippen molar-refractivity contribution in [3.8, 4) is 0 Å². The molecule has 3 rings (SSSR count). The zero-order valence-corrected chi connectivity index (χ0v) is 14.3. The number of carbonyl (C=O) groups excluding carboxylic acids is 1. The van der Waals surface area contributed by atoms with E-state index in [1.165, 1.54) is 0 Å². The molecular weight excluding hydrogens is 351 g/mol. The predicted octanol–water partition coefficient (Wildman–Crippen LogP) is 3.63. The van der Waals surface area contributed by atoms with Gasteiger partial charge in [-0.1, -0.05) is 29.3 Å². The third-order valence-electron chi connectivity index (χ3n) is 3.63. The van der Waals surface area contributed by atoms with Gasteiger partial charge in [-0.3, -0.25) is 4.79 Å². The largest absolute Gasteiger partial charge is 0.376 e. The fraction of sp³-hybridized carbons (Fsp3) is 0.312. The van der Waals surface area contributed by atoms with E-state index in [4.69, 9.17) is 27.9 Å². The van der Waals surface area contributed by atoms with E-state index in [2.05, 4.69) is 20.8 Å². The molecular formula is C16H16Cl2N4O2. The number of halogens is 2. The smallest absolute Gasteiger partial charge is 0.276 e. The summed E-state index contributed by atoms with van der Waals surface area (Å²) >= 11 is 12.0. The van der Waals surface area contributed by atoms with E-state index in [9.17, 15) is 4.79 Å². The molecule has 0 bridgehead atoms. The molecule has 1 aliphatic rings. The average Bonchev–Trinajstić information content (AvgIpc) is 3.11. The van der Waals surface area contributed by atoms with E-state index in [0.717, 1.165) is 19.4 Å². The first-order valence-corrected chi connectivity index (χ1v) is 8.33. The molecule has 2 aromatic rings. The summed E-state index contributed by atoms with van der Waals surface area (Å²) in [6.45, 7) is 1.49. The number of hydrogen-bond acceptors (Lipinski definition) is 5. The van der Waals surface area contributed by atoms with Gasteiger partial charge in [0.25, 0.3) is 5.91 Å². The van der Waals surface area contributed by atoms with Crippen molar-refractivity contribution >= 4 is 40.6 Å². The second kappa shape index (κ2) is 7.79. The lowest BCUT2D eigenvalue weighted by molar-refractivity contribution is 0.102. The Bertz CT molecular complexity index is 719. The van der Waals surface area contributed by atoms with Gasteiger partial charge in [0.05, 0.1) is 21.8 Å². The Hall–Kier alpha value is -1.89. The maximum atomic E-state index is 12.2. The van der Waals surface area contributed by atoms with E-state index in [1.54, 1.807) is 30.3 Å². The van der Waals surface area contributed by atoms with Gasteiger partial charge in [-0.05, 0) is 37.1 Å². The molecule has 2 heterocycles. The van der Waals surface area contributed by atoms with Gasteiger partial charge in [-0.15, -0.1) is 10.2 Å². The van der Waals surface area contributed by atoms with Crippen LogP contribution in [0.4, 0.5) is 11.5 Å². The summed E-state index contributed by atoms with van der Waals surface area (Å²) in [5.41, 5.74) is 0.616. The molecule has 1 atom stereocenters. The molecule has 1 aliphatic heterocycles. The second-order valence-corrected chi connectivity index (χ2v) is 6.16. The molecule has 0 saturated carbocycles. The minimum atomic E-state index is -0.405. The molecule has 0 radical (unpaired) electrons. The Morgan fingerprint density at radius 2 is 2.12 bits per heavy atom. The Kier molecular flexibility index (Phi) is 5.50. The maximum Gasteiger partial charge on any atom is 0.276 e. The van der Waals surface area contributed by atoms with Gasteiger partial charge in [0.1, 0.15) is 5.82 Å². The molecule has 1 aromatic carbocycles. The minimum absolute atomic E-state index is 0.189. The Labute approximate surface area is 149 Å².